The van der Waals surface area contributed by atoms with E-state index in [1.54, 1.807) is 12.1 Å². The molecule has 0 saturated carbocycles. The topological polar surface area (TPSA) is 26.3 Å². The summed E-state index contributed by atoms with van der Waals surface area (Å²) in [5.41, 5.74) is 2.79. The van der Waals surface area contributed by atoms with Gasteiger partial charge in [0.15, 0.2) is 0 Å². The highest BCUT2D eigenvalue weighted by molar-refractivity contribution is 6.80. The van der Waals surface area contributed by atoms with E-state index in [-0.39, 0.29) is 12.1 Å². The van der Waals surface area contributed by atoms with Crippen LogP contribution in [-0.4, -0.2) is 20.1 Å². The molecular formula is C14H20O2Si. The molecule has 92 valence electrons. The van der Waals surface area contributed by atoms with Crippen molar-refractivity contribution in [2.45, 2.75) is 32.7 Å². The van der Waals surface area contributed by atoms with Gasteiger partial charge in [-0.1, -0.05) is 49.6 Å². The van der Waals surface area contributed by atoms with Crippen molar-refractivity contribution in [2.75, 3.05) is 0 Å². The number of ether oxygens (including phenoxy) is 1. The van der Waals surface area contributed by atoms with E-state index in [2.05, 4.69) is 25.3 Å². The van der Waals surface area contributed by atoms with Gasteiger partial charge in [-0.2, -0.15) is 0 Å². The maximum atomic E-state index is 11.7. The number of esters is 1. The van der Waals surface area contributed by atoms with Gasteiger partial charge in [0.05, 0.1) is 13.6 Å². The molecule has 1 rings (SSSR count). The Morgan fingerprint density at radius 1 is 1.24 bits per heavy atom. The first kappa shape index (κ1) is 13.7. The molecule has 0 aliphatic carbocycles. The Hall–Kier alpha value is -1.35. The van der Waals surface area contributed by atoms with Crippen LogP contribution in [0.3, 0.4) is 0 Å². The Morgan fingerprint density at radius 3 is 2.35 bits per heavy atom. The van der Waals surface area contributed by atoms with E-state index in [1.165, 1.54) is 0 Å². The van der Waals surface area contributed by atoms with Crippen LogP contribution in [0.25, 0.3) is 0 Å². The predicted octanol–water partition coefficient (Wildman–Crippen LogP) is 3.67. The summed E-state index contributed by atoms with van der Waals surface area (Å²) in [6, 6.07) is 9.07. The lowest BCUT2D eigenvalue weighted by Gasteiger charge is -2.12. The molecule has 0 radical (unpaired) electrons. The molecular weight excluding hydrogens is 228 g/mol. The van der Waals surface area contributed by atoms with Gasteiger partial charge in [-0.25, -0.2) is 4.79 Å². The first-order chi connectivity index (χ1) is 7.88. The molecule has 0 heterocycles. The lowest BCUT2D eigenvalue weighted by molar-refractivity contribution is 0.0424. The molecule has 3 heteroatoms. The van der Waals surface area contributed by atoms with Crippen LogP contribution in [0.5, 0.6) is 0 Å². The van der Waals surface area contributed by atoms with Crippen LogP contribution in [0.2, 0.25) is 19.6 Å². The number of rotatable bonds is 4. The minimum atomic E-state index is -1.22. The smallest absolute Gasteiger partial charge is 0.338 e. The van der Waals surface area contributed by atoms with Crippen LogP contribution in [0.1, 0.15) is 17.3 Å². The summed E-state index contributed by atoms with van der Waals surface area (Å²) in [5, 5.41) is 0. The molecule has 0 saturated heterocycles. The largest absolute Gasteiger partial charge is 0.455 e. The van der Waals surface area contributed by atoms with Crippen LogP contribution in [0.4, 0.5) is 0 Å². The second-order valence-electron chi connectivity index (χ2n) is 5.20. The molecule has 1 atom stereocenters. The first-order valence-corrected chi connectivity index (χ1v) is 9.41. The highest BCUT2D eigenvalue weighted by atomic mass is 28.3. The molecule has 2 nitrogen and oxygen atoms in total. The first-order valence-electron chi connectivity index (χ1n) is 5.84. The molecule has 0 aromatic heterocycles. The Bertz CT molecular complexity index is 390. The number of carbonyl (C=O) groups excluding carboxylic acids is 1. The molecule has 0 aliphatic heterocycles. The minimum Gasteiger partial charge on any atom is -0.455 e. The lowest BCUT2D eigenvalue weighted by Crippen LogP contribution is -2.18. The van der Waals surface area contributed by atoms with E-state index in [9.17, 15) is 4.79 Å². The van der Waals surface area contributed by atoms with Gasteiger partial charge in [0.25, 0.3) is 0 Å². The van der Waals surface area contributed by atoms with Crippen molar-refractivity contribution >= 4 is 14.0 Å². The van der Waals surface area contributed by atoms with Crippen LogP contribution < -0.4 is 0 Å². The molecule has 0 aliphatic rings. The molecule has 0 N–H and O–H groups in total. The number of hydrogen-bond acceptors (Lipinski definition) is 2. The zero-order valence-corrected chi connectivity index (χ0v) is 11.9. The molecule has 1 aromatic rings. The molecule has 0 fully saturated rings. The normalized spacial score (nSPS) is 13.6. The summed E-state index contributed by atoms with van der Waals surface area (Å²) in [5.74, 6) is -0.265. The zero-order chi connectivity index (χ0) is 12.9. The Kier molecular flexibility index (Phi) is 4.69. The number of carbonyl (C=O) groups is 1. The van der Waals surface area contributed by atoms with Crippen molar-refractivity contribution < 1.29 is 9.53 Å². The molecule has 0 spiro atoms. The van der Waals surface area contributed by atoms with Crippen molar-refractivity contribution in [3.63, 3.8) is 0 Å². The van der Waals surface area contributed by atoms with Gasteiger partial charge < -0.3 is 4.74 Å². The third-order valence-corrected chi connectivity index (χ3v) is 3.36. The van der Waals surface area contributed by atoms with Crippen molar-refractivity contribution in [1.82, 2.24) is 0 Å². The summed E-state index contributed by atoms with van der Waals surface area (Å²) >= 11 is 0. The minimum absolute atomic E-state index is 0.172. The van der Waals surface area contributed by atoms with Crippen LogP contribution >= 0.6 is 0 Å². The van der Waals surface area contributed by atoms with Gasteiger partial charge in [0, 0.05) is 0 Å². The van der Waals surface area contributed by atoms with Crippen molar-refractivity contribution in [1.29, 1.82) is 0 Å². The summed E-state index contributed by atoms with van der Waals surface area (Å²) in [4.78, 5) is 11.7. The fourth-order valence-electron chi connectivity index (χ4n) is 1.27. The third kappa shape index (κ3) is 5.50. The van der Waals surface area contributed by atoms with Crippen molar-refractivity contribution in [3.8, 4) is 0 Å². The SMILES string of the molecule is CC(/C=C/[Si](C)(C)C)OC(=O)c1ccccc1. The highest BCUT2D eigenvalue weighted by Gasteiger charge is 2.11. The Balaban J connectivity index is 2.56. The molecule has 0 amide bonds. The maximum Gasteiger partial charge on any atom is 0.338 e. The average molecular weight is 248 g/mol. The van der Waals surface area contributed by atoms with E-state index in [0.29, 0.717) is 5.56 Å². The van der Waals surface area contributed by atoms with Crippen molar-refractivity contribution in [2.24, 2.45) is 0 Å². The quantitative estimate of drug-likeness (QED) is 0.600. The average Bonchev–Trinajstić information content (AvgIpc) is 2.27. The molecule has 17 heavy (non-hydrogen) atoms. The monoisotopic (exact) mass is 248 g/mol. The second kappa shape index (κ2) is 5.82. The van der Waals surface area contributed by atoms with Gasteiger partial charge in [-0.05, 0) is 19.1 Å². The van der Waals surface area contributed by atoms with Gasteiger partial charge in [0.1, 0.15) is 6.10 Å². The lowest BCUT2D eigenvalue weighted by atomic mass is 10.2. The van der Waals surface area contributed by atoms with E-state index in [4.69, 9.17) is 4.74 Å². The Morgan fingerprint density at radius 2 is 1.82 bits per heavy atom. The van der Waals surface area contributed by atoms with E-state index in [0.717, 1.165) is 0 Å². The molecule has 0 bridgehead atoms. The summed E-state index contributed by atoms with van der Waals surface area (Å²) < 4.78 is 5.33. The number of hydrogen-bond donors (Lipinski definition) is 0. The standard InChI is InChI=1S/C14H20O2Si/c1-12(10-11-17(2,3)4)16-14(15)13-8-6-5-7-9-13/h5-12H,1-4H3/b11-10+. The second-order valence-corrected chi connectivity index (χ2v) is 10.3. The fourth-order valence-corrected chi connectivity index (χ4v) is 2.12. The maximum absolute atomic E-state index is 11.7. The fraction of sp³-hybridized carbons (Fsp3) is 0.357. The summed E-state index contributed by atoms with van der Waals surface area (Å²) in [6.45, 7) is 8.62. The zero-order valence-electron chi connectivity index (χ0n) is 10.9. The van der Waals surface area contributed by atoms with Crippen LogP contribution in [-0.2, 0) is 4.74 Å². The van der Waals surface area contributed by atoms with E-state index >= 15 is 0 Å². The molecule has 1 aromatic carbocycles. The van der Waals surface area contributed by atoms with Gasteiger partial charge in [0.2, 0.25) is 0 Å². The van der Waals surface area contributed by atoms with Gasteiger partial charge in [-0.3, -0.25) is 0 Å². The Labute approximate surface area is 104 Å². The third-order valence-electron chi connectivity index (χ3n) is 2.17. The van der Waals surface area contributed by atoms with Gasteiger partial charge in [-0.15, -0.1) is 0 Å². The van der Waals surface area contributed by atoms with Gasteiger partial charge >= 0.3 is 5.97 Å². The predicted molar refractivity (Wildman–Crippen MR) is 73.8 cm³/mol. The highest BCUT2D eigenvalue weighted by Crippen LogP contribution is 2.07. The van der Waals surface area contributed by atoms with Crippen molar-refractivity contribution in [3.05, 3.63) is 47.7 Å². The summed E-state index contributed by atoms with van der Waals surface area (Å²) in [7, 11) is -1.22. The number of benzene rings is 1. The summed E-state index contributed by atoms with van der Waals surface area (Å²) in [6.07, 6.45) is 1.81. The van der Waals surface area contributed by atoms with Crippen LogP contribution in [0, 0.1) is 0 Å². The van der Waals surface area contributed by atoms with E-state index < -0.39 is 8.07 Å². The molecule has 1 unspecified atom stereocenters. The van der Waals surface area contributed by atoms with Crippen LogP contribution in [0.15, 0.2) is 42.1 Å². The van der Waals surface area contributed by atoms with E-state index in [1.807, 2.05) is 31.2 Å².